The molecule has 8 heteroatoms. The number of aliphatic imine (C=N–C) groups is 1. The van der Waals surface area contributed by atoms with E-state index < -0.39 is 10.0 Å². The molecule has 0 aromatic carbocycles. The number of nitrogens with zero attached hydrogens (tertiary/aromatic N) is 2. The van der Waals surface area contributed by atoms with Crippen LogP contribution in [0.25, 0.3) is 0 Å². The Kier molecular flexibility index (Phi) is 12.8. The summed E-state index contributed by atoms with van der Waals surface area (Å²) in [5, 5.41) is 6.38. The summed E-state index contributed by atoms with van der Waals surface area (Å²) in [4.78, 5) is 4.11. The van der Waals surface area contributed by atoms with Crippen molar-refractivity contribution in [2.24, 2.45) is 10.9 Å². The Bertz CT molecular complexity index is 372. The summed E-state index contributed by atoms with van der Waals surface area (Å²) in [6.07, 6.45) is 2.00. The van der Waals surface area contributed by atoms with Gasteiger partial charge < -0.3 is 10.6 Å². The van der Waals surface area contributed by atoms with Crippen LogP contribution in [0.1, 0.15) is 27.2 Å². The lowest BCUT2D eigenvalue weighted by molar-refractivity contribution is 0.424. The zero-order valence-electron chi connectivity index (χ0n) is 13.1. The van der Waals surface area contributed by atoms with Crippen molar-refractivity contribution in [2.75, 3.05) is 39.5 Å². The first-order valence-electron chi connectivity index (χ1n) is 6.70. The normalized spacial score (nSPS) is 12.4. The minimum absolute atomic E-state index is 0. The van der Waals surface area contributed by atoms with Crippen LogP contribution in [0.4, 0.5) is 0 Å². The van der Waals surface area contributed by atoms with Gasteiger partial charge in [0.2, 0.25) is 10.0 Å². The predicted molar refractivity (Wildman–Crippen MR) is 96.3 cm³/mol. The SMILES string of the molecule is CCN(CCCNC(=NC)NCC(C)C)S(C)(=O)=O.I. The molecule has 0 aliphatic carbocycles. The van der Waals surface area contributed by atoms with Crippen LogP contribution in [-0.4, -0.2) is 58.2 Å². The molecule has 0 atom stereocenters. The van der Waals surface area contributed by atoms with Crippen LogP contribution in [-0.2, 0) is 10.0 Å². The van der Waals surface area contributed by atoms with Gasteiger partial charge in [-0.3, -0.25) is 4.99 Å². The molecule has 0 saturated carbocycles. The van der Waals surface area contributed by atoms with Gasteiger partial charge in [-0.15, -0.1) is 24.0 Å². The summed E-state index contributed by atoms with van der Waals surface area (Å²) in [7, 11) is -1.36. The minimum Gasteiger partial charge on any atom is -0.356 e. The second-order valence-corrected chi connectivity index (χ2v) is 6.86. The van der Waals surface area contributed by atoms with Crippen LogP contribution < -0.4 is 10.6 Å². The zero-order chi connectivity index (χ0) is 14.9. The minimum atomic E-state index is -3.08. The monoisotopic (exact) mass is 420 g/mol. The van der Waals surface area contributed by atoms with Gasteiger partial charge in [-0.05, 0) is 12.3 Å². The number of rotatable bonds is 8. The summed E-state index contributed by atoms with van der Waals surface area (Å²) in [5.41, 5.74) is 0. The van der Waals surface area contributed by atoms with Gasteiger partial charge in [-0.2, -0.15) is 0 Å². The Morgan fingerprint density at radius 1 is 1.30 bits per heavy atom. The summed E-state index contributed by atoms with van der Waals surface area (Å²) in [6, 6.07) is 0. The Balaban J connectivity index is 0. The van der Waals surface area contributed by atoms with E-state index in [4.69, 9.17) is 0 Å². The van der Waals surface area contributed by atoms with Gasteiger partial charge in [-0.1, -0.05) is 20.8 Å². The number of hydrogen-bond donors (Lipinski definition) is 2. The Morgan fingerprint density at radius 3 is 2.30 bits per heavy atom. The van der Waals surface area contributed by atoms with Crippen LogP contribution in [0.2, 0.25) is 0 Å². The molecule has 0 aliphatic heterocycles. The van der Waals surface area contributed by atoms with E-state index in [1.165, 1.54) is 10.6 Å². The van der Waals surface area contributed by atoms with Gasteiger partial charge in [0.05, 0.1) is 6.26 Å². The molecule has 122 valence electrons. The summed E-state index contributed by atoms with van der Waals surface area (Å²) < 4.78 is 24.3. The van der Waals surface area contributed by atoms with E-state index in [1.54, 1.807) is 7.05 Å². The molecule has 0 radical (unpaired) electrons. The number of nitrogens with one attached hydrogen (secondary N) is 2. The van der Waals surface area contributed by atoms with Crippen molar-refractivity contribution in [3.8, 4) is 0 Å². The van der Waals surface area contributed by atoms with E-state index in [0.717, 1.165) is 18.9 Å². The molecule has 0 saturated heterocycles. The van der Waals surface area contributed by atoms with Crippen LogP contribution in [0.3, 0.4) is 0 Å². The number of halogens is 1. The molecule has 0 fully saturated rings. The molecule has 0 aliphatic rings. The molecule has 20 heavy (non-hydrogen) atoms. The van der Waals surface area contributed by atoms with Gasteiger partial charge in [0.15, 0.2) is 5.96 Å². The van der Waals surface area contributed by atoms with Crippen LogP contribution in [0.15, 0.2) is 4.99 Å². The molecule has 0 amide bonds. The summed E-state index contributed by atoms with van der Waals surface area (Å²) in [6.45, 7) is 8.71. The van der Waals surface area contributed by atoms with Crippen molar-refractivity contribution in [1.29, 1.82) is 0 Å². The largest absolute Gasteiger partial charge is 0.356 e. The standard InChI is InChI=1S/C12H28N4O2S.HI/c1-6-16(19(5,17)18)9-7-8-14-12(13-4)15-10-11(2)3;/h11H,6-10H2,1-5H3,(H2,13,14,15);1H. The molecule has 0 rings (SSSR count). The van der Waals surface area contributed by atoms with Crippen molar-refractivity contribution < 1.29 is 8.42 Å². The molecule has 0 aromatic heterocycles. The Hall–Kier alpha value is -0.0900. The third-order valence-corrected chi connectivity index (χ3v) is 3.98. The van der Waals surface area contributed by atoms with Gasteiger partial charge in [0.1, 0.15) is 0 Å². The van der Waals surface area contributed by atoms with E-state index in [9.17, 15) is 8.42 Å². The van der Waals surface area contributed by atoms with E-state index in [1.807, 2.05) is 6.92 Å². The first-order valence-corrected chi connectivity index (χ1v) is 8.55. The Labute approximate surface area is 140 Å². The summed E-state index contributed by atoms with van der Waals surface area (Å²) >= 11 is 0. The van der Waals surface area contributed by atoms with Crippen molar-refractivity contribution in [1.82, 2.24) is 14.9 Å². The fraction of sp³-hybridized carbons (Fsp3) is 0.917. The number of hydrogen-bond acceptors (Lipinski definition) is 3. The summed E-state index contributed by atoms with van der Waals surface area (Å²) in [5.74, 6) is 1.32. The zero-order valence-corrected chi connectivity index (χ0v) is 16.3. The third kappa shape index (κ3) is 10.7. The molecule has 0 bridgehead atoms. The molecule has 0 aromatic rings. The van der Waals surface area contributed by atoms with Crippen molar-refractivity contribution in [3.63, 3.8) is 0 Å². The van der Waals surface area contributed by atoms with Crippen LogP contribution in [0, 0.1) is 5.92 Å². The molecule has 0 unspecified atom stereocenters. The topological polar surface area (TPSA) is 73.8 Å². The van der Waals surface area contributed by atoms with E-state index >= 15 is 0 Å². The molecular formula is C12H29IN4O2S. The van der Waals surface area contributed by atoms with E-state index in [-0.39, 0.29) is 24.0 Å². The maximum absolute atomic E-state index is 11.4. The highest BCUT2D eigenvalue weighted by atomic mass is 127. The van der Waals surface area contributed by atoms with Gasteiger partial charge in [-0.25, -0.2) is 12.7 Å². The fourth-order valence-corrected chi connectivity index (χ4v) is 2.47. The lowest BCUT2D eigenvalue weighted by Gasteiger charge is -2.18. The van der Waals surface area contributed by atoms with Crippen molar-refractivity contribution in [2.45, 2.75) is 27.2 Å². The third-order valence-electron chi connectivity index (χ3n) is 2.60. The van der Waals surface area contributed by atoms with Crippen molar-refractivity contribution in [3.05, 3.63) is 0 Å². The van der Waals surface area contributed by atoms with Crippen LogP contribution in [0.5, 0.6) is 0 Å². The average molecular weight is 420 g/mol. The molecule has 0 heterocycles. The maximum Gasteiger partial charge on any atom is 0.211 e. The quantitative estimate of drug-likeness (QED) is 0.267. The first kappa shape index (κ1) is 22.2. The highest BCUT2D eigenvalue weighted by Gasteiger charge is 2.13. The second-order valence-electron chi connectivity index (χ2n) is 4.88. The lowest BCUT2D eigenvalue weighted by atomic mass is 10.2. The van der Waals surface area contributed by atoms with Gasteiger partial charge >= 0.3 is 0 Å². The molecule has 2 N–H and O–H groups in total. The number of guanidine groups is 1. The van der Waals surface area contributed by atoms with Crippen molar-refractivity contribution >= 4 is 40.0 Å². The van der Waals surface area contributed by atoms with E-state index in [2.05, 4.69) is 29.5 Å². The van der Waals surface area contributed by atoms with Crippen LogP contribution >= 0.6 is 24.0 Å². The predicted octanol–water partition coefficient (Wildman–Crippen LogP) is 1.10. The average Bonchev–Trinajstić information content (AvgIpc) is 2.30. The maximum atomic E-state index is 11.4. The highest BCUT2D eigenvalue weighted by molar-refractivity contribution is 14.0. The van der Waals surface area contributed by atoms with Gasteiger partial charge in [0, 0.05) is 33.2 Å². The number of sulfonamides is 1. The lowest BCUT2D eigenvalue weighted by Crippen LogP contribution is -2.40. The fourth-order valence-electron chi connectivity index (χ4n) is 1.54. The second kappa shape index (κ2) is 11.6. The van der Waals surface area contributed by atoms with E-state index in [0.29, 0.717) is 25.6 Å². The van der Waals surface area contributed by atoms with Gasteiger partial charge in [0.25, 0.3) is 0 Å². The molecular weight excluding hydrogens is 391 g/mol. The Morgan fingerprint density at radius 2 is 1.90 bits per heavy atom. The molecule has 0 spiro atoms. The molecule has 6 nitrogen and oxygen atoms in total. The smallest absolute Gasteiger partial charge is 0.211 e. The first-order chi connectivity index (χ1) is 8.81. The highest BCUT2D eigenvalue weighted by Crippen LogP contribution is 1.98.